The molecular weight excluding hydrogens is 463 g/mol. The first-order valence-electron chi connectivity index (χ1n) is 12.0. The number of fused-ring (bicyclic) bond motifs is 4. The van der Waals surface area contributed by atoms with E-state index in [4.69, 9.17) is 9.47 Å². The maximum absolute atomic E-state index is 15.1. The number of ether oxygens (including phenoxy) is 2. The summed E-state index contributed by atoms with van der Waals surface area (Å²) in [5.41, 5.74) is 2.02. The topological polar surface area (TPSA) is 110 Å². The summed E-state index contributed by atoms with van der Waals surface area (Å²) in [7, 11) is 1.53. The maximum atomic E-state index is 15.1. The molecule has 4 aromatic rings. The van der Waals surface area contributed by atoms with Gasteiger partial charge in [0.1, 0.15) is 17.2 Å². The van der Waals surface area contributed by atoms with E-state index in [9.17, 15) is 9.90 Å². The molecule has 8 nitrogen and oxygen atoms in total. The van der Waals surface area contributed by atoms with Crippen LogP contribution in [-0.4, -0.2) is 43.7 Å². The number of aromatic nitrogens is 4. The number of H-pyrrole nitrogens is 1. The molecule has 36 heavy (non-hydrogen) atoms. The van der Waals surface area contributed by atoms with Crippen molar-refractivity contribution in [2.24, 2.45) is 5.41 Å². The number of imidazole rings is 1. The van der Waals surface area contributed by atoms with Gasteiger partial charge in [-0.25, -0.2) is 14.4 Å². The smallest absolute Gasteiger partial charge is 0.309 e. The molecule has 0 amide bonds. The SMILES string of the molecule is COc1ccc2[nH]c(-c3ccc(-c4ccc(OC56CCC(C(=O)O)(CC5)CC6)nc4)cc3F)nc2n1. The normalized spacial score (nSPS) is 23.1. The van der Waals surface area contributed by atoms with Crippen molar-refractivity contribution >= 4 is 17.1 Å². The molecule has 7 rings (SSSR count). The number of nitrogens with one attached hydrogen (secondary N) is 1. The average Bonchev–Trinajstić information content (AvgIpc) is 3.33. The number of aromatic amines is 1. The Balaban J connectivity index is 1.19. The molecule has 184 valence electrons. The number of nitrogens with zero attached hydrogens (tertiary/aromatic N) is 3. The summed E-state index contributed by atoms with van der Waals surface area (Å²) < 4.78 is 26.5. The zero-order chi connectivity index (χ0) is 24.9. The van der Waals surface area contributed by atoms with Crippen LogP contribution in [0.5, 0.6) is 11.8 Å². The zero-order valence-corrected chi connectivity index (χ0v) is 19.8. The number of halogens is 1. The molecule has 0 saturated heterocycles. The molecule has 0 spiro atoms. The number of methoxy groups -OCH3 is 1. The first kappa shape index (κ1) is 22.5. The second-order valence-corrected chi connectivity index (χ2v) is 9.76. The van der Waals surface area contributed by atoms with Crippen LogP contribution in [0, 0.1) is 11.2 Å². The van der Waals surface area contributed by atoms with Gasteiger partial charge in [0.05, 0.1) is 23.6 Å². The fraction of sp³-hybridized carbons (Fsp3) is 0.333. The van der Waals surface area contributed by atoms with Crippen molar-refractivity contribution in [3.05, 3.63) is 54.5 Å². The van der Waals surface area contributed by atoms with Crippen molar-refractivity contribution in [2.45, 2.75) is 44.1 Å². The summed E-state index contributed by atoms with van der Waals surface area (Å²) in [4.78, 5) is 27.9. The van der Waals surface area contributed by atoms with Crippen LogP contribution in [0.4, 0.5) is 4.39 Å². The highest BCUT2D eigenvalue weighted by atomic mass is 19.1. The van der Waals surface area contributed by atoms with Crippen molar-refractivity contribution in [1.29, 1.82) is 0 Å². The number of carboxylic acids is 1. The van der Waals surface area contributed by atoms with Crippen molar-refractivity contribution in [3.63, 3.8) is 0 Å². The molecule has 3 aromatic heterocycles. The van der Waals surface area contributed by atoms with Gasteiger partial charge in [-0.3, -0.25) is 4.79 Å². The van der Waals surface area contributed by atoms with E-state index in [1.807, 2.05) is 12.1 Å². The second kappa shape index (κ2) is 8.29. The Morgan fingerprint density at radius 2 is 1.69 bits per heavy atom. The molecule has 3 aliphatic carbocycles. The highest BCUT2D eigenvalue weighted by Crippen LogP contribution is 2.53. The third kappa shape index (κ3) is 3.75. The maximum Gasteiger partial charge on any atom is 0.309 e. The van der Waals surface area contributed by atoms with Crippen LogP contribution < -0.4 is 9.47 Å². The van der Waals surface area contributed by atoms with Gasteiger partial charge in [0.15, 0.2) is 5.65 Å². The lowest BCUT2D eigenvalue weighted by Crippen LogP contribution is -2.52. The van der Waals surface area contributed by atoms with Crippen LogP contribution in [0.25, 0.3) is 33.7 Å². The van der Waals surface area contributed by atoms with Gasteiger partial charge in [0.2, 0.25) is 11.8 Å². The number of rotatable bonds is 6. The van der Waals surface area contributed by atoms with Crippen LogP contribution in [0.1, 0.15) is 38.5 Å². The van der Waals surface area contributed by atoms with E-state index >= 15 is 4.39 Å². The molecule has 0 unspecified atom stereocenters. The summed E-state index contributed by atoms with van der Waals surface area (Å²) in [6.07, 6.45) is 5.76. The molecule has 0 aliphatic heterocycles. The number of carbonyl (C=O) groups is 1. The quantitative estimate of drug-likeness (QED) is 0.374. The standard InChI is InChI=1S/C27H25FN4O4/c1-35-22-7-5-20-24(31-22)32-23(30-20)18-4-2-16(14-19(18)28)17-3-6-21(29-15-17)36-27-11-8-26(9-12-27,10-13-27)25(33)34/h2-7,14-15H,8-13H2,1H3,(H,33,34)(H,30,31,32). The van der Waals surface area contributed by atoms with Crippen molar-refractivity contribution < 1.29 is 23.8 Å². The molecule has 9 heteroatoms. The Bertz CT molecular complexity index is 1440. The fourth-order valence-electron chi connectivity index (χ4n) is 5.46. The van der Waals surface area contributed by atoms with Gasteiger partial charge >= 0.3 is 5.97 Å². The predicted octanol–water partition coefficient (Wildman–Crippen LogP) is 5.39. The first-order valence-corrected chi connectivity index (χ1v) is 12.0. The first-order chi connectivity index (χ1) is 17.4. The number of hydrogen-bond donors (Lipinski definition) is 2. The molecule has 1 aromatic carbocycles. The van der Waals surface area contributed by atoms with Gasteiger partial charge in [0, 0.05) is 23.9 Å². The monoisotopic (exact) mass is 488 g/mol. The van der Waals surface area contributed by atoms with Crippen LogP contribution >= 0.6 is 0 Å². The van der Waals surface area contributed by atoms with E-state index in [1.165, 1.54) is 13.2 Å². The average molecular weight is 489 g/mol. The molecule has 3 heterocycles. The fourth-order valence-corrected chi connectivity index (χ4v) is 5.46. The third-order valence-corrected chi connectivity index (χ3v) is 7.78. The Hall–Kier alpha value is -4.01. The van der Waals surface area contributed by atoms with E-state index in [0.717, 1.165) is 24.8 Å². The van der Waals surface area contributed by atoms with Gasteiger partial charge in [-0.2, -0.15) is 4.98 Å². The predicted molar refractivity (Wildman–Crippen MR) is 130 cm³/mol. The highest BCUT2D eigenvalue weighted by molar-refractivity contribution is 5.77. The van der Waals surface area contributed by atoms with Gasteiger partial charge < -0.3 is 19.6 Å². The lowest BCUT2D eigenvalue weighted by atomic mass is 9.58. The number of aliphatic carboxylic acids is 1. The molecule has 0 atom stereocenters. The number of pyridine rings is 2. The van der Waals surface area contributed by atoms with E-state index in [1.54, 1.807) is 30.5 Å². The molecule has 3 saturated carbocycles. The summed E-state index contributed by atoms with van der Waals surface area (Å²) >= 11 is 0. The van der Waals surface area contributed by atoms with Crippen LogP contribution in [-0.2, 0) is 4.79 Å². The number of hydrogen-bond acceptors (Lipinski definition) is 6. The summed E-state index contributed by atoms with van der Waals surface area (Å²) in [5, 5.41) is 9.59. The Morgan fingerprint density at radius 3 is 2.33 bits per heavy atom. The van der Waals surface area contributed by atoms with E-state index in [0.29, 0.717) is 59.1 Å². The molecular formula is C27H25FN4O4. The minimum absolute atomic E-state index is 0.342. The largest absolute Gasteiger partial charge is 0.481 e. The minimum atomic E-state index is -0.686. The van der Waals surface area contributed by atoms with E-state index in [-0.39, 0.29) is 5.60 Å². The van der Waals surface area contributed by atoms with Crippen LogP contribution in [0.15, 0.2) is 48.7 Å². The second-order valence-electron chi connectivity index (χ2n) is 9.76. The lowest BCUT2D eigenvalue weighted by Gasteiger charge is -2.50. The van der Waals surface area contributed by atoms with Gasteiger partial charge in [-0.05, 0) is 68.4 Å². The van der Waals surface area contributed by atoms with E-state index < -0.39 is 17.2 Å². The highest BCUT2D eigenvalue weighted by Gasteiger charge is 2.54. The van der Waals surface area contributed by atoms with Crippen molar-refractivity contribution in [1.82, 2.24) is 19.9 Å². The van der Waals surface area contributed by atoms with Gasteiger partial charge in [0.25, 0.3) is 0 Å². The number of benzene rings is 1. The zero-order valence-electron chi connectivity index (χ0n) is 19.8. The van der Waals surface area contributed by atoms with Crippen LogP contribution in [0.3, 0.4) is 0 Å². The molecule has 3 aliphatic rings. The van der Waals surface area contributed by atoms with Crippen LogP contribution in [0.2, 0.25) is 0 Å². The Kier molecular flexibility index (Phi) is 5.17. The lowest BCUT2D eigenvalue weighted by molar-refractivity contribution is -0.162. The molecule has 2 N–H and O–H groups in total. The van der Waals surface area contributed by atoms with Gasteiger partial charge in [-0.1, -0.05) is 6.07 Å². The van der Waals surface area contributed by atoms with Crippen molar-refractivity contribution in [3.8, 4) is 34.3 Å². The number of carboxylic acid groups (broad SMARTS) is 1. The van der Waals surface area contributed by atoms with Gasteiger partial charge in [-0.15, -0.1) is 0 Å². The summed E-state index contributed by atoms with van der Waals surface area (Å²) in [5.74, 6) is 0.239. The summed E-state index contributed by atoms with van der Waals surface area (Å²) in [6, 6.07) is 12.1. The molecule has 3 fully saturated rings. The Labute approximate surface area is 206 Å². The minimum Gasteiger partial charge on any atom is -0.481 e. The van der Waals surface area contributed by atoms with E-state index in [2.05, 4.69) is 19.9 Å². The molecule has 2 bridgehead atoms. The Morgan fingerprint density at radius 1 is 0.972 bits per heavy atom. The third-order valence-electron chi connectivity index (χ3n) is 7.78. The summed E-state index contributed by atoms with van der Waals surface area (Å²) in [6.45, 7) is 0. The molecule has 0 radical (unpaired) electrons. The van der Waals surface area contributed by atoms with Crippen molar-refractivity contribution in [2.75, 3.05) is 7.11 Å².